The summed E-state index contributed by atoms with van der Waals surface area (Å²) in [6.45, 7) is 0. The molecule has 1 rings (SSSR count). The van der Waals surface area contributed by atoms with Gasteiger partial charge in [0.1, 0.15) is 6.29 Å². The van der Waals surface area contributed by atoms with Crippen LogP contribution in [-0.4, -0.2) is 18.2 Å². The van der Waals surface area contributed by atoms with Crippen molar-refractivity contribution in [3.63, 3.8) is 0 Å². The van der Waals surface area contributed by atoms with Crippen molar-refractivity contribution in [3.8, 4) is 0 Å². The molecule has 3 heteroatoms. The van der Waals surface area contributed by atoms with E-state index in [-0.39, 0.29) is 11.9 Å². The van der Waals surface area contributed by atoms with E-state index in [0.717, 1.165) is 19.1 Å². The topological polar surface area (TPSA) is 46.2 Å². The van der Waals surface area contributed by atoms with E-state index in [1.807, 2.05) is 0 Å². The van der Waals surface area contributed by atoms with E-state index in [1.54, 1.807) is 0 Å². The molecule has 0 radical (unpaired) electrons. The number of nitrogens with one attached hydrogen (secondary N) is 1. The van der Waals surface area contributed by atoms with Crippen molar-refractivity contribution in [2.45, 2.75) is 25.3 Å². The molecular weight excluding hydrogens is 118 g/mol. The first-order valence-corrected chi connectivity index (χ1v) is 3.07. The molecule has 1 amide bonds. The van der Waals surface area contributed by atoms with Crippen LogP contribution in [0.15, 0.2) is 0 Å². The first kappa shape index (κ1) is 6.26. The van der Waals surface area contributed by atoms with Crippen molar-refractivity contribution in [3.05, 3.63) is 0 Å². The van der Waals surface area contributed by atoms with E-state index < -0.39 is 0 Å². The highest BCUT2D eigenvalue weighted by Crippen LogP contribution is 2.05. The molecule has 0 aliphatic carbocycles. The van der Waals surface area contributed by atoms with E-state index in [4.69, 9.17) is 0 Å². The van der Waals surface area contributed by atoms with Crippen LogP contribution in [0.2, 0.25) is 0 Å². The molecule has 0 aromatic heterocycles. The Morgan fingerprint density at radius 1 is 1.67 bits per heavy atom. The number of carbonyl (C=O) groups is 2. The molecule has 1 aliphatic heterocycles. The Morgan fingerprint density at radius 3 is 2.89 bits per heavy atom. The predicted molar refractivity (Wildman–Crippen MR) is 31.8 cm³/mol. The van der Waals surface area contributed by atoms with Gasteiger partial charge in [-0.1, -0.05) is 0 Å². The summed E-state index contributed by atoms with van der Waals surface area (Å²) in [6.07, 6.45) is 3.01. The fourth-order valence-electron chi connectivity index (χ4n) is 0.936. The van der Waals surface area contributed by atoms with Gasteiger partial charge in [0.05, 0.1) is 6.04 Å². The summed E-state index contributed by atoms with van der Waals surface area (Å²) < 4.78 is 0. The quantitative estimate of drug-likeness (QED) is 0.498. The smallest absolute Gasteiger partial charge is 0.220 e. The Morgan fingerprint density at radius 2 is 2.44 bits per heavy atom. The Labute approximate surface area is 53.4 Å². The summed E-state index contributed by atoms with van der Waals surface area (Å²) in [6, 6.07) is -0.216. The number of hydrogen-bond donors (Lipinski definition) is 1. The standard InChI is InChI=1S/C6H9NO2/c8-4-5-2-1-3-6(9)7-5/h4-5H,1-3H2,(H,7,9). The number of hydrogen-bond acceptors (Lipinski definition) is 2. The second-order valence-electron chi connectivity index (χ2n) is 2.20. The summed E-state index contributed by atoms with van der Waals surface area (Å²) in [7, 11) is 0. The minimum atomic E-state index is -0.216. The summed E-state index contributed by atoms with van der Waals surface area (Å²) in [5.41, 5.74) is 0. The zero-order chi connectivity index (χ0) is 6.69. The van der Waals surface area contributed by atoms with Crippen LogP contribution in [0.3, 0.4) is 0 Å². The lowest BCUT2D eigenvalue weighted by Gasteiger charge is -2.16. The molecule has 0 spiro atoms. The highest BCUT2D eigenvalue weighted by atomic mass is 16.2. The van der Waals surface area contributed by atoms with Crippen LogP contribution >= 0.6 is 0 Å². The third-order valence-electron chi connectivity index (χ3n) is 1.43. The van der Waals surface area contributed by atoms with Crippen LogP contribution in [0.5, 0.6) is 0 Å². The van der Waals surface area contributed by atoms with E-state index in [9.17, 15) is 9.59 Å². The van der Waals surface area contributed by atoms with Crippen molar-refractivity contribution >= 4 is 12.2 Å². The SMILES string of the molecule is O=CC1CCCC(=O)N1. The molecule has 1 aliphatic rings. The second kappa shape index (κ2) is 2.62. The molecule has 0 saturated carbocycles. The second-order valence-corrected chi connectivity index (χ2v) is 2.20. The highest BCUT2D eigenvalue weighted by molar-refractivity contribution is 5.80. The minimum Gasteiger partial charge on any atom is -0.347 e. The molecule has 1 heterocycles. The van der Waals surface area contributed by atoms with Crippen LogP contribution < -0.4 is 5.32 Å². The molecule has 0 aromatic rings. The average Bonchev–Trinajstić information content (AvgIpc) is 1.88. The molecule has 1 atom stereocenters. The van der Waals surface area contributed by atoms with Gasteiger partial charge in [0.25, 0.3) is 0 Å². The highest BCUT2D eigenvalue weighted by Gasteiger charge is 2.15. The zero-order valence-corrected chi connectivity index (χ0v) is 5.09. The van der Waals surface area contributed by atoms with Crippen LogP contribution in [0.25, 0.3) is 0 Å². The van der Waals surface area contributed by atoms with Gasteiger partial charge in [0.15, 0.2) is 0 Å². The van der Waals surface area contributed by atoms with Gasteiger partial charge in [-0.25, -0.2) is 0 Å². The number of aldehydes is 1. The molecule has 50 valence electrons. The van der Waals surface area contributed by atoms with Gasteiger partial charge in [0.2, 0.25) is 5.91 Å². The Kier molecular flexibility index (Phi) is 1.82. The lowest BCUT2D eigenvalue weighted by molar-refractivity contribution is -0.125. The molecule has 1 fully saturated rings. The molecule has 3 nitrogen and oxygen atoms in total. The molecule has 0 aromatic carbocycles. The molecule has 1 saturated heterocycles. The van der Waals surface area contributed by atoms with E-state index in [2.05, 4.69) is 5.32 Å². The van der Waals surface area contributed by atoms with Gasteiger partial charge in [0, 0.05) is 6.42 Å². The van der Waals surface area contributed by atoms with Crippen molar-refractivity contribution in [1.29, 1.82) is 0 Å². The fourth-order valence-corrected chi connectivity index (χ4v) is 0.936. The third-order valence-corrected chi connectivity index (χ3v) is 1.43. The van der Waals surface area contributed by atoms with E-state index >= 15 is 0 Å². The molecule has 9 heavy (non-hydrogen) atoms. The fraction of sp³-hybridized carbons (Fsp3) is 0.667. The maximum Gasteiger partial charge on any atom is 0.220 e. The Balaban J connectivity index is 2.40. The molecular formula is C6H9NO2. The van der Waals surface area contributed by atoms with Gasteiger partial charge in [-0.2, -0.15) is 0 Å². The van der Waals surface area contributed by atoms with Gasteiger partial charge in [-0.05, 0) is 12.8 Å². The van der Waals surface area contributed by atoms with Crippen LogP contribution in [0.1, 0.15) is 19.3 Å². The van der Waals surface area contributed by atoms with E-state index in [0.29, 0.717) is 6.42 Å². The molecule has 1 unspecified atom stereocenters. The lowest BCUT2D eigenvalue weighted by Crippen LogP contribution is -2.39. The largest absolute Gasteiger partial charge is 0.347 e. The van der Waals surface area contributed by atoms with Gasteiger partial charge in [-0.3, -0.25) is 4.79 Å². The monoisotopic (exact) mass is 127 g/mol. The van der Waals surface area contributed by atoms with Crippen molar-refractivity contribution in [1.82, 2.24) is 5.32 Å². The Hall–Kier alpha value is -0.860. The number of amides is 1. The summed E-state index contributed by atoms with van der Waals surface area (Å²) in [4.78, 5) is 20.7. The van der Waals surface area contributed by atoms with Crippen molar-refractivity contribution in [2.24, 2.45) is 0 Å². The maximum absolute atomic E-state index is 10.6. The summed E-state index contributed by atoms with van der Waals surface area (Å²) in [5, 5.41) is 2.56. The van der Waals surface area contributed by atoms with Crippen molar-refractivity contribution < 1.29 is 9.59 Å². The average molecular weight is 127 g/mol. The third kappa shape index (κ3) is 1.52. The van der Waals surface area contributed by atoms with Gasteiger partial charge in [-0.15, -0.1) is 0 Å². The summed E-state index contributed by atoms with van der Waals surface area (Å²) in [5.74, 6) is -0.00153. The normalized spacial score (nSPS) is 27.1. The number of piperidine rings is 1. The molecule has 1 N–H and O–H groups in total. The van der Waals surface area contributed by atoms with E-state index in [1.165, 1.54) is 0 Å². The van der Waals surface area contributed by atoms with Crippen molar-refractivity contribution in [2.75, 3.05) is 0 Å². The molecule has 0 bridgehead atoms. The number of carbonyl (C=O) groups excluding carboxylic acids is 2. The lowest BCUT2D eigenvalue weighted by atomic mass is 10.1. The van der Waals surface area contributed by atoms with Gasteiger partial charge >= 0.3 is 0 Å². The first-order chi connectivity index (χ1) is 4.33. The first-order valence-electron chi connectivity index (χ1n) is 3.07. The minimum absolute atomic E-state index is 0.00153. The number of rotatable bonds is 1. The van der Waals surface area contributed by atoms with Crippen LogP contribution in [0.4, 0.5) is 0 Å². The Bertz CT molecular complexity index is 133. The predicted octanol–water partition coefficient (Wildman–Crippen LogP) is -0.146. The summed E-state index contributed by atoms with van der Waals surface area (Å²) >= 11 is 0. The van der Waals surface area contributed by atoms with Crippen LogP contribution in [0, 0.1) is 0 Å². The van der Waals surface area contributed by atoms with Crippen LogP contribution in [-0.2, 0) is 9.59 Å². The zero-order valence-electron chi connectivity index (χ0n) is 5.09. The maximum atomic E-state index is 10.6. The van der Waals surface area contributed by atoms with Gasteiger partial charge < -0.3 is 10.1 Å².